The van der Waals surface area contributed by atoms with Crippen LogP contribution in [-0.2, 0) is 0 Å². The molecule has 14 heavy (non-hydrogen) atoms. The van der Waals surface area contributed by atoms with E-state index in [0.717, 1.165) is 0 Å². The molecule has 1 aromatic rings. The molecule has 0 saturated heterocycles. The van der Waals surface area contributed by atoms with Gasteiger partial charge >= 0.3 is 0 Å². The number of halogens is 1. The number of nitrogens with one attached hydrogen (secondary N) is 1. The minimum Gasteiger partial charge on any atom is -0.351 e. The van der Waals surface area contributed by atoms with Crippen molar-refractivity contribution in [2.75, 3.05) is 13.1 Å². The van der Waals surface area contributed by atoms with Crippen LogP contribution in [0.5, 0.6) is 0 Å². The number of hydrogen-bond acceptors (Lipinski definition) is 2. The van der Waals surface area contributed by atoms with E-state index in [9.17, 15) is 9.18 Å². The molecule has 4 heteroatoms. The van der Waals surface area contributed by atoms with E-state index in [-0.39, 0.29) is 17.6 Å². The maximum Gasteiger partial charge on any atom is 0.251 e. The van der Waals surface area contributed by atoms with Crippen LogP contribution in [0.3, 0.4) is 0 Å². The fourth-order valence-electron chi connectivity index (χ4n) is 1.76. The second kappa shape index (κ2) is 3.38. The first kappa shape index (κ1) is 9.15. The highest BCUT2D eigenvalue weighted by Crippen LogP contribution is 2.25. The van der Waals surface area contributed by atoms with Crippen LogP contribution in [0, 0.1) is 5.82 Å². The molecule has 1 aliphatic heterocycles. The van der Waals surface area contributed by atoms with Gasteiger partial charge in [0.1, 0.15) is 5.82 Å². The van der Waals surface area contributed by atoms with Gasteiger partial charge in [0, 0.05) is 30.1 Å². The second-order valence-corrected chi connectivity index (χ2v) is 3.34. The third kappa shape index (κ3) is 1.28. The Hall–Kier alpha value is -1.42. The van der Waals surface area contributed by atoms with Gasteiger partial charge < -0.3 is 11.1 Å². The zero-order chi connectivity index (χ0) is 10.1. The van der Waals surface area contributed by atoms with Crippen LogP contribution in [0.4, 0.5) is 4.39 Å². The van der Waals surface area contributed by atoms with Gasteiger partial charge in [0.15, 0.2) is 0 Å². The van der Waals surface area contributed by atoms with Crippen LogP contribution in [0.1, 0.15) is 21.8 Å². The Morgan fingerprint density at radius 1 is 1.57 bits per heavy atom. The number of hydrogen-bond donors (Lipinski definition) is 2. The molecule has 1 aromatic carbocycles. The van der Waals surface area contributed by atoms with E-state index in [2.05, 4.69) is 5.32 Å². The molecule has 3 nitrogen and oxygen atoms in total. The van der Waals surface area contributed by atoms with E-state index in [1.54, 1.807) is 6.07 Å². The zero-order valence-electron chi connectivity index (χ0n) is 7.59. The van der Waals surface area contributed by atoms with Crippen molar-refractivity contribution in [1.82, 2.24) is 5.32 Å². The molecular formula is C10H11FN2O. The smallest absolute Gasteiger partial charge is 0.251 e. The van der Waals surface area contributed by atoms with Gasteiger partial charge in [-0.3, -0.25) is 4.79 Å². The molecule has 1 unspecified atom stereocenters. The van der Waals surface area contributed by atoms with Gasteiger partial charge in [-0.1, -0.05) is 6.07 Å². The molecule has 0 aromatic heterocycles. The zero-order valence-corrected chi connectivity index (χ0v) is 7.59. The number of rotatable bonds is 1. The van der Waals surface area contributed by atoms with E-state index in [1.807, 2.05) is 0 Å². The highest BCUT2D eigenvalue weighted by molar-refractivity contribution is 5.97. The summed E-state index contributed by atoms with van der Waals surface area (Å²) in [4.78, 5) is 11.4. The molecule has 1 aliphatic rings. The SMILES string of the molecule is NCC1CNC(=O)c2cccc(F)c21. The number of carbonyl (C=O) groups excluding carboxylic acids is 1. The Bertz CT molecular complexity index is 378. The minimum atomic E-state index is -0.340. The average Bonchev–Trinajstić information content (AvgIpc) is 2.20. The van der Waals surface area contributed by atoms with Crippen LogP contribution >= 0.6 is 0 Å². The normalized spacial score (nSPS) is 20.1. The third-order valence-electron chi connectivity index (χ3n) is 2.50. The van der Waals surface area contributed by atoms with Crippen molar-refractivity contribution < 1.29 is 9.18 Å². The van der Waals surface area contributed by atoms with E-state index in [4.69, 9.17) is 5.73 Å². The van der Waals surface area contributed by atoms with Gasteiger partial charge in [-0.05, 0) is 12.1 Å². The van der Waals surface area contributed by atoms with Gasteiger partial charge in [-0.15, -0.1) is 0 Å². The Labute approximate surface area is 81.1 Å². The van der Waals surface area contributed by atoms with Gasteiger partial charge in [0.05, 0.1) is 0 Å². The molecule has 0 saturated carbocycles. The molecule has 0 fully saturated rings. The topological polar surface area (TPSA) is 55.1 Å². The Kier molecular flexibility index (Phi) is 2.21. The van der Waals surface area contributed by atoms with Gasteiger partial charge in [0.25, 0.3) is 5.91 Å². The maximum atomic E-state index is 13.4. The van der Waals surface area contributed by atoms with E-state index < -0.39 is 0 Å². The summed E-state index contributed by atoms with van der Waals surface area (Å²) in [6.07, 6.45) is 0. The quantitative estimate of drug-likeness (QED) is 0.688. The highest BCUT2D eigenvalue weighted by atomic mass is 19.1. The number of fused-ring (bicyclic) bond motifs is 1. The summed E-state index contributed by atoms with van der Waals surface area (Å²) in [7, 11) is 0. The summed E-state index contributed by atoms with van der Waals surface area (Å²) in [5, 5.41) is 2.68. The molecule has 0 bridgehead atoms. The number of benzene rings is 1. The summed E-state index contributed by atoms with van der Waals surface area (Å²) >= 11 is 0. The van der Waals surface area contributed by atoms with Gasteiger partial charge in [-0.25, -0.2) is 4.39 Å². The lowest BCUT2D eigenvalue weighted by Crippen LogP contribution is -2.38. The summed E-state index contributed by atoms with van der Waals surface area (Å²) in [5.74, 6) is -0.666. The predicted octanol–water partition coefficient (Wildman–Crippen LogP) is 0.611. The van der Waals surface area contributed by atoms with E-state index >= 15 is 0 Å². The van der Waals surface area contributed by atoms with E-state index in [1.165, 1.54) is 12.1 Å². The largest absolute Gasteiger partial charge is 0.351 e. The maximum absolute atomic E-state index is 13.4. The van der Waals surface area contributed by atoms with Crippen molar-refractivity contribution in [2.24, 2.45) is 5.73 Å². The Morgan fingerprint density at radius 2 is 2.36 bits per heavy atom. The third-order valence-corrected chi connectivity index (χ3v) is 2.50. The Morgan fingerprint density at radius 3 is 3.07 bits per heavy atom. The van der Waals surface area contributed by atoms with Crippen molar-refractivity contribution in [2.45, 2.75) is 5.92 Å². The molecule has 1 atom stereocenters. The van der Waals surface area contributed by atoms with Crippen LogP contribution in [0.15, 0.2) is 18.2 Å². The molecule has 3 N–H and O–H groups in total. The van der Waals surface area contributed by atoms with E-state index in [0.29, 0.717) is 24.2 Å². The predicted molar refractivity (Wildman–Crippen MR) is 50.5 cm³/mol. The molecule has 0 spiro atoms. The lowest BCUT2D eigenvalue weighted by molar-refractivity contribution is 0.0939. The lowest BCUT2D eigenvalue weighted by Gasteiger charge is -2.24. The van der Waals surface area contributed by atoms with Crippen molar-refractivity contribution in [3.8, 4) is 0 Å². The summed E-state index contributed by atoms with van der Waals surface area (Å²) in [5.41, 5.74) is 6.38. The number of amides is 1. The molecule has 0 aliphatic carbocycles. The van der Waals surface area contributed by atoms with Gasteiger partial charge in [0.2, 0.25) is 0 Å². The van der Waals surface area contributed by atoms with Crippen molar-refractivity contribution >= 4 is 5.91 Å². The summed E-state index contributed by atoms with van der Waals surface area (Å²) in [6, 6.07) is 4.52. The number of nitrogens with two attached hydrogens (primary N) is 1. The fraction of sp³-hybridized carbons (Fsp3) is 0.300. The number of carbonyl (C=O) groups is 1. The van der Waals surface area contributed by atoms with Crippen LogP contribution in [0.25, 0.3) is 0 Å². The average molecular weight is 194 g/mol. The lowest BCUT2D eigenvalue weighted by atomic mass is 9.90. The van der Waals surface area contributed by atoms with Crippen LogP contribution in [0.2, 0.25) is 0 Å². The first-order chi connectivity index (χ1) is 6.74. The van der Waals surface area contributed by atoms with Crippen molar-refractivity contribution in [1.29, 1.82) is 0 Å². The fourth-order valence-corrected chi connectivity index (χ4v) is 1.76. The molecule has 74 valence electrons. The van der Waals surface area contributed by atoms with Crippen molar-refractivity contribution in [3.05, 3.63) is 35.1 Å². The first-order valence-corrected chi connectivity index (χ1v) is 4.50. The minimum absolute atomic E-state index is 0.108. The van der Waals surface area contributed by atoms with Crippen LogP contribution < -0.4 is 11.1 Å². The van der Waals surface area contributed by atoms with Gasteiger partial charge in [-0.2, -0.15) is 0 Å². The standard InChI is InChI=1S/C10H11FN2O/c11-8-3-1-2-7-9(8)6(4-12)5-13-10(7)14/h1-3,6H,4-5,12H2,(H,13,14). The molecule has 2 rings (SSSR count). The summed E-state index contributed by atoms with van der Waals surface area (Å²) < 4.78 is 13.4. The summed E-state index contributed by atoms with van der Waals surface area (Å²) in [6.45, 7) is 0.761. The van der Waals surface area contributed by atoms with Crippen LogP contribution in [-0.4, -0.2) is 19.0 Å². The Balaban J connectivity index is 2.57. The molecule has 1 amide bonds. The monoisotopic (exact) mass is 194 g/mol. The molecule has 0 radical (unpaired) electrons. The first-order valence-electron chi connectivity index (χ1n) is 4.50. The van der Waals surface area contributed by atoms with Crippen molar-refractivity contribution in [3.63, 3.8) is 0 Å². The molecular weight excluding hydrogens is 183 g/mol. The highest BCUT2D eigenvalue weighted by Gasteiger charge is 2.26. The second-order valence-electron chi connectivity index (χ2n) is 3.34. The molecule has 1 heterocycles.